The molecule has 0 fully saturated rings. The fraction of sp³-hybridized carbons (Fsp3) is 0.0625. The topological polar surface area (TPSA) is 57.9 Å². The van der Waals surface area contributed by atoms with Crippen LogP contribution in [0.2, 0.25) is 0 Å². The van der Waals surface area contributed by atoms with Crippen molar-refractivity contribution in [1.82, 2.24) is 0 Å². The molecule has 112 valence electrons. The Kier molecular flexibility index (Phi) is 4.79. The molecule has 0 spiro atoms. The highest BCUT2D eigenvalue weighted by Gasteiger charge is 2.21. The number of aryl methyl sites for hydroxylation is 1. The largest absolute Gasteiger partial charge is 0.218 e. The van der Waals surface area contributed by atoms with E-state index in [2.05, 4.69) is 15.9 Å². The average Bonchev–Trinajstić information content (AvgIpc) is 2.48. The van der Waals surface area contributed by atoms with Crippen LogP contribution in [0.3, 0.4) is 0 Å². The fourth-order valence-electron chi connectivity index (χ4n) is 1.78. The number of hydrogen-bond donors (Lipinski definition) is 0. The number of sulfone groups is 1. The SMILES string of the molecule is Cc1ccc(S(=O)(=O)C(C#N)=Cc2cc(Br)ccc2F)cc1. The van der Waals surface area contributed by atoms with Gasteiger partial charge in [0, 0.05) is 10.0 Å². The third kappa shape index (κ3) is 3.43. The van der Waals surface area contributed by atoms with Crippen molar-refractivity contribution >= 4 is 31.8 Å². The Morgan fingerprint density at radius 2 is 1.86 bits per heavy atom. The quantitative estimate of drug-likeness (QED) is 0.749. The summed E-state index contributed by atoms with van der Waals surface area (Å²) in [5.74, 6) is -0.602. The second-order valence-electron chi connectivity index (χ2n) is 4.60. The number of nitriles is 1. The molecule has 0 saturated carbocycles. The van der Waals surface area contributed by atoms with Crippen LogP contribution < -0.4 is 0 Å². The molecule has 0 bridgehead atoms. The standard InChI is InChI=1S/C16H11BrFNO2S/c1-11-2-5-14(6-3-11)22(20,21)15(10-19)9-12-8-13(17)4-7-16(12)18/h2-9H,1H3. The molecule has 2 aromatic rings. The van der Waals surface area contributed by atoms with Gasteiger partial charge in [0.25, 0.3) is 0 Å². The van der Waals surface area contributed by atoms with Crippen LogP contribution in [0.1, 0.15) is 11.1 Å². The monoisotopic (exact) mass is 379 g/mol. The number of hydrogen-bond acceptors (Lipinski definition) is 3. The van der Waals surface area contributed by atoms with E-state index in [1.807, 2.05) is 6.92 Å². The van der Waals surface area contributed by atoms with E-state index in [1.165, 1.54) is 30.3 Å². The van der Waals surface area contributed by atoms with E-state index in [0.29, 0.717) is 4.47 Å². The number of nitrogens with zero attached hydrogens (tertiary/aromatic N) is 1. The molecule has 2 aromatic carbocycles. The number of rotatable bonds is 3. The average molecular weight is 380 g/mol. The maximum absolute atomic E-state index is 13.7. The van der Waals surface area contributed by atoms with Crippen molar-refractivity contribution in [3.05, 3.63) is 68.8 Å². The molecule has 0 aliphatic carbocycles. The predicted octanol–water partition coefficient (Wildman–Crippen LogP) is 4.24. The van der Waals surface area contributed by atoms with Gasteiger partial charge in [-0.1, -0.05) is 33.6 Å². The third-order valence-corrected chi connectivity index (χ3v) is 5.15. The van der Waals surface area contributed by atoms with Crippen LogP contribution in [0.15, 0.2) is 56.7 Å². The molecule has 2 rings (SSSR count). The van der Waals surface area contributed by atoms with Gasteiger partial charge >= 0.3 is 0 Å². The molecule has 0 N–H and O–H groups in total. The molecule has 0 aromatic heterocycles. The lowest BCUT2D eigenvalue weighted by Gasteiger charge is -2.04. The van der Waals surface area contributed by atoms with Crippen LogP contribution in [0.4, 0.5) is 4.39 Å². The van der Waals surface area contributed by atoms with Crippen LogP contribution in [0.5, 0.6) is 0 Å². The van der Waals surface area contributed by atoms with Crippen molar-refractivity contribution in [2.75, 3.05) is 0 Å². The van der Waals surface area contributed by atoms with Crippen molar-refractivity contribution in [2.24, 2.45) is 0 Å². The molecule has 6 heteroatoms. The molecule has 0 aliphatic rings. The zero-order valence-electron chi connectivity index (χ0n) is 11.5. The van der Waals surface area contributed by atoms with Crippen LogP contribution >= 0.6 is 15.9 Å². The summed E-state index contributed by atoms with van der Waals surface area (Å²) in [5, 5.41) is 9.17. The molecule has 22 heavy (non-hydrogen) atoms. The first-order valence-corrected chi connectivity index (χ1v) is 8.51. The van der Waals surface area contributed by atoms with Crippen molar-refractivity contribution < 1.29 is 12.8 Å². The highest BCUT2D eigenvalue weighted by atomic mass is 79.9. The van der Waals surface area contributed by atoms with Crippen molar-refractivity contribution in [3.8, 4) is 6.07 Å². The van der Waals surface area contributed by atoms with E-state index < -0.39 is 20.6 Å². The zero-order chi connectivity index (χ0) is 16.3. The van der Waals surface area contributed by atoms with E-state index in [1.54, 1.807) is 18.2 Å². The number of allylic oxidation sites excluding steroid dienone is 1. The number of benzene rings is 2. The fourth-order valence-corrected chi connectivity index (χ4v) is 3.31. The van der Waals surface area contributed by atoms with Crippen LogP contribution in [0, 0.1) is 24.1 Å². The molecule has 0 radical (unpaired) electrons. The summed E-state index contributed by atoms with van der Waals surface area (Å²) in [4.78, 5) is -0.505. The minimum atomic E-state index is -3.98. The molecule has 0 unspecified atom stereocenters. The molecule has 3 nitrogen and oxygen atoms in total. The summed E-state index contributed by atoms with van der Waals surface area (Å²) in [6, 6.07) is 11.9. The molecular weight excluding hydrogens is 369 g/mol. The summed E-state index contributed by atoms with van der Waals surface area (Å²) in [6.07, 6.45) is 1.04. The molecule has 0 saturated heterocycles. The Bertz CT molecular complexity index is 881. The summed E-state index contributed by atoms with van der Waals surface area (Å²) < 4.78 is 39.2. The first-order chi connectivity index (χ1) is 10.3. The normalized spacial score (nSPS) is 12.0. The van der Waals surface area contributed by atoms with Gasteiger partial charge in [-0.05, 0) is 43.3 Å². The maximum atomic E-state index is 13.7. The Morgan fingerprint density at radius 3 is 2.45 bits per heavy atom. The molecular formula is C16H11BrFNO2S. The highest BCUT2D eigenvalue weighted by molar-refractivity contribution is 9.10. The number of halogens is 2. The van der Waals surface area contributed by atoms with Gasteiger partial charge in [-0.25, -0.2) is 12.8 Å². The lowest BCUT2D eigenvalue weighted by Crippen LogP contribution is -2.03. The first-order valence-electron chi connectivity index (χ1n) is 6.23. The summed E-state index contributed by atoms with van der Waals surface area (Å²) >= 11 is 3.18. The van der Waals surface area contributed by atoms with E-state index >= 15 is 0 Å². The van der Waals surface area contributed by atoms with Crippen molar-refractivity contribution in [2.45, 2.75) is 11.8 Å². The van der Waals surface area contributed by atoms with Gasteiger partial charge in [0.05, 0.1) is 4.90 Å². The minimum absolute atomic E-state index is 0.00121. The second-order valence-corrected chi connectivity index (χ2v) is 7.44. The Balaban J connectivity index is 2.56. The molecule has 0 aliphatic heterocycles. The first kappa shape index (κ1) is 16.4. The van der Waals surface area contributed by atoms with E-state index in [-0.39, 0.29) is 10.5 Å². The molecule has 0 amide bonds. The summed E-state index contributed by atoms with van der Waals surface area (Å²) in [7, 11) is -3.98. The smallest absolute Gasteiger partial charge is 0.216 e. The van der Waals surface area contributed by atoms with E-state index in [4.69, 9.17) is 5.26 Å². The van der Waals surface area contributed by atoms with Gasteiger partial charge < -0.3 is 0 Å². The Labute approximate surface area is 136 Å². The third-order valence-electron chi connectivity index (χ3n) is 2.98. The predicted molar refractivity (Wildman–Crippen MR) is 86.1 cm³/mol. The summed E-state index contributed by atoms with van der Waals surface area (Å²) in [5.41, 5.74) is 0.932. The van der Waals surface area contributed by atoms with Gasteiger partial charge in [0.2, 0.25) is 9.84 Å². The van der Waals surface area contributed by atoms with Crippen LogP contribution in [-0.4, -0.2) is 8.42 Å². The lowest BCUT2D eigenvalue weighted by molar-refractivity contribution is 0.603. The minimum Gasteiger partial charge on any atom is -0.218 e. The molecule has 0 atom stereocenters. The Hall–Kier alpha value is -1.97. The van der Waals surface area contributed by atoms with Gasteiger partial charge in [0.15, 0.2) is 0 Å². The van der Waals surface area contributed by atoms with E-state index in [9.17, 15) is 12.8 Å². The van der Waals surface area contributed by atoms with Gasteiger partial charge in [-0.3, -0.25) is 0 Å². The lowest BCUT2D eigenvalue weighted by atomic mass is 10.2. The zero-order valence-corrected chi connectivity index (χ0v) is 13.9. The van der Waals surface area contributed by atoms with Gasteiger partial charge in [-0.15, -0.1) is 0 Å². The van der Waals surface area contributed by atoms with E-state index in [0.717, 1.165) is 11.6 Å². The van der Waals surface area contributed by atoms with Crippen molar-refractivity contribution in [3.63, 3.8) is 0 Å². The van der Waals surface area contributed by atoms with Crippen LogP contribution in [-0.2, 0) is 9.84 Å². The maximum Gasteiger partial charge on any atom is 0.216 e. The second kappa shape index (κ2) is 6.42. The summed E-state index contributed by atoms with van der Waals surface area (Å²) in [6.45, 7) is 1.83. The van der Waals surface area contributed by atoms with Crippen molar-refractivity contribution in [1.29, 1.82) is 5.26 Å². The van der Waals surface area contributed by atoms with Crippen LogP contribution in [0.25, 0.3) is 6.08 Å². The van der Waals surface area contributed by atoms with Gasteiger partial charge in [0.1, 0.15) is 16.8 Å². The van der Waals surface area contributed by atoms with Gasteiger partial charge in [-0.2, -0.15) is 5.26 Å². The highest BCUT2D eigenvalue weighted by Crippen LogP contribution is 2.24. The Morgan fingerprint density at radius 1 is 1.23 bits per heavy atom. The molecule has 0 heterocycles.